The van der Waals surface area contributed by atoms with Gasteiger partial charge in [-0.1, -0.05) is 59.6 Å². The minimum Gasteiger partial charge on any atom is -0.258 e. The molecule has 0 aliphatic rings. The van der Waals surface area contributed by atoms with Crippen LogP contribution in [0.1, 0.15) is 11.1 Å². The number of rotatable bonds is 3. The van der Waals surface area contributed by atoms with Crippen molar-refractivity contribution in [1.82, 2.24) is 0 Å². The van der Waals surface area contributed by atoms with Crippen molar-refractivity contribution in [2.45, 2.75) is 0 Å². The van der Waals surface area contributed by atoms with Crippen LogP contribution in [-0.4, -0.2) is 4.92 Å². The molecule has 0 aliphatic carbocycles. The third-order valence-corrected chi connectivity index (χ3v) is 3.49. The summed E-state index contributed by atoms with van der Waals surface area (Å²) < 4.78 is 0. The van der Waals surface area contributed by atoms with Gasteiger partial charge in [-0.25, -0.2) is 0 Å². The number of halogens is 2. The zero-order chi connectivity index (χ0) is 15.4. The highest BCUT2D eigenvalue weighted by Gasteiger charge is 2.22. The van der Waals surface area contributed by atoms with Crippen molar-refractivity contribution >= 4 is 39.5 Å². The largest absolute Gasteiger partial charge is 0.279 e. The first-order chi connectivity index (χ1) is 10.1. The summed E-state index contributed by atoms with van der Waals surface area (Å²) in [4.78, 5) is 10.5. The number of nitrogens with zero attached hydrogens (tertiary/aromatic N) is 2. The Morgan fingerprint density at radius 3 is 2.38 bits per heavy atom. The minimum absolute atomic E-state index is 0.0407. The molecule has 0 saturated carbocycles. The minimum atomic E-state index is -0.580. The van der Waals surface area contributed by atoms with E-state index in [0.29, 0.717) is 5.56 Å². The van der Waals surface area contributed by atoms with Crippen LogP contribution in [-0.2, 0) is 0 Å². The van der Waals surface area contributed by atoms with E-state index in [1.807, 2.05) is 6.07 Å². The Bertz CT molecular complexity index is 765. The number of allylic oxidation sites excluding steroid dienone is 1. The summed E-state index contributed by atoms with van der Waals surface area (Å²) in [5.74, 6) is 0. The van der Waals surface area contributed by atoms with Gasteiger partial charge < -0.3 is 0 Å². The average Bonchev–Trinajstić information content (AvgIpc) is 2.48. The van der Waals surface area contributed by atoms with Gasteiger partial charge in [0.2, 0.25) is 0 Å². The summed E-state index contributed by atoms with van der Waals surface area (Å²) in [5, 5.41) is 20.5. The number of nitro benzene ring substituents is 1. The highest BCUT2D eigenvalue weighted by atomic mass is 35.5. The van der Waals surface area contributed by atoms with Gasteiger partial charge in [0.1, 0.15) is 6.07 Å². The smallest absolute Gasteiger partial charge is 0.258 e. The number of benzene rings is 2. The van der Waals surface area contributed by atoms with E-state index >= 15 is 0 Å². The van der Waals surface area contributed by atoms with E-state index in [-0.39, 0.29) is 26.9 Å². The molecule has 0 amide bonds. The van der Waals surface area contributed by atoms with E-state index in [1.165, 1.54) is 18.2 Å². The summed E-state index contributed by atoms with van der Waals surface area (Å²) >= 11 is 12.3. The average molecular weight is 319 g/mol. The molecular weight excluding hydrogens is 311 g/mol. The third kappa shape index (κ3) is 3.05. The molecule has 2 aromatic carbocycles. The molecule has 0 aliphatic heterocycles. The van der Waals surface area contributed by atoms with Crippen molar-refractivity contribution in [1.29, 1.82) is 5.26 Å². The lowest BCUT2D eigenvalue weighted by atomic mass is 10.0. The summed E-state index contributed by atoms with van der Waals surface area (Å²) in [6.45, 7) is 0. The van der Waals surface area contributed by atoms with E-state index in [4.69, 9.17) is 23.2 Å². The lowest BCUT2D eigenvalue weighted by molar-refractivity contribution is -0.385. The van der Waals surface area contributed by atoms with Crippen molar-refractivity contribution < 1.29 is 4.92 Å². The molecule has 0 N–H and O–H groups in total. The van der Waals surface area contributed by atoms with E-state index in [9.17, 15) is 15.4 Å². The van der Waals surface area contributed by atoms with Crippen LogP contribution in [0.15, 0.2) is 48.5 Å². The maximum Gasteiger partial charge on any atom is 0.279 e. The molecule has 0 radical (unpaired) electrons. The van der Waals surface area contributed by atoms with Crippen LogP contribution in [0.3, 0.4) is 0 Å². The number of hydrogen-bond acceptors (Lipinski definition) is 3. The molecule has 0 fully saturated rings. The fourth-order valence-corrected chi connectivity index (χ4v) is 2.51. The molecule has 2 rings (SSSR count). The maximum absolute atomic E-state index is 11.1. The molecule has 0 aromatic heterocycles. The highest BCUT2D eigenvalue weighted by Crippen LogP contribution is 2.38. The van der Waals surface area contributed by atoms with Crippen LogP contribution >= 0.6 is 23.2 Å². The summed E-state index contributed by atoms with van der Waals surface area (Å²) in [7, 11) is 0. The quantitative estimate of drug-likeness (QED) is 0.350. The standard InChI is InChI=1S/C15H8Cl2N2O2/c16-12-7-4-8-13(19(20)21)14(12)15(17)11(9-18)10-5-2-1-3-6-10/h1-8H. The van der Waals surface area contributed by atoms with E-state index in [0.717, 1.165) is 0 Å². The first-order valence-corrected chi connectivity index (χ1v) is 6.60. The van der Waals surface area contributed by atoms with Crippen molar-refractivity contribution in [3.8, 4) is 6.07 Å². The topological polar surface area (TPSA) is 66.9 Å². The number of hydrogen-bond donors (Lipinski definition) is 0. The van der Waals surface area contributed by atoms with E-state index in [2.05, 4.69) is 0 Å². The fourth-order valence-electron chi connectivity index (χ4n) is 1.85. The predicted molar refractivity (Wildman–Crippen MR) is 82.8 cm³/mol. The summed E-state index contributed by atoms with van der Waals surface area (Å²) in [6.07, 6.45) is 0. The lowest BCUT2D eigenvalue weighted by Gasteiger charge is -2.07. The Morgan fingerprint density at radius 2 is 1.81 bits per heavy atom. The van der Waals surface area contributed by atoms with Crippen LogP contribution in [0.25, 0.3) is 10.6 Å². The molecule has 21 heavy (non-hydrogen) atoms. The van der Waals surface area contributed by atoms with Gasteiger partial charge in [0, 0.05) is 6.07 Å². The second-order valence-corrected chi connectivity index (χ2v) is 4.84. The summed E-state index contributed by atoms with van der Waals surface area (Å²) in [5.41, 5.74) is 0.509. The monoisotopic (exact) mass is 318 g/mol. The normalized spacial score (nSPS) is 11.5. The SMILES string of the molecule is N#CC(=C(Cl)c1c(Cl)cccc1[N+](=O)[O-])c1ccccc1. The molecule has 0 bridgehead atoms. The third-order valence-electron chi connectivity index (χ3n) is 2.80. The molecule has 6 heteroatoms. The number of nitro groups is 1. The molecule has 4 nitrogen and oxygen atoms in total. The van der Waals surface area contributed by atoms with Gasteiger partial charge in [-0.15, -0.1) is 0 Å². The Kier molecular flexibility index (Phi) is 4.59. The lowest BCUT2D eigenvalue weighted by Crippen LogP contribution is -1.95. The second kappa shape index (κ2) is 6.40. The summed E-state index contributed by atoms with van der Waals surface area (Å²) in [6, 6.07) is 14.9. The Hall–Kier alpha value is -2.35. The van der Waals surface area contributed by atoms with Crippen LogP contribution in [0.4, 0.5) is 5.69 Å². The molecule has 104 valence electrons. The van der Waals surface area contributed by atoms with Gasteiger partial charge in [0.05, 0.1) is 26.1 Å². The van der Waals surface area contributed by atoms with Crippen molar-refractivity contribution in [3.05, 3.63) is 74.8 Å². The highest BCUT2D eigenvalue weighted by molar-refractivity contribution is 6.55. The van der Waals surface area contributed by atoms with Crippen LogP contribution in [0.5, 0.6) is 0 Å². The van der Waals surface area contributed by atoms with Crippen molar-refractivity contribution in [2.24, 2.45) is 0 Å². The molecule has 2 aromatic rings. The Balaban J connectivity index is 2.74. The van der Waals surface area contributed by atoms with Crippen LogP contribution in [0, 0.1) is 21.4 Å². The van der Waals surface area contributed by atoms with Crippen LogP contribution < -0.4 is 0 Å². The van der Waals surface area contributed by atoms with Gasteiger partial charge in [-0.05, 0) is 11.6 Å². The predicted octanol–water partition coefficient (Wildman–Crippen LogP) is 4.88. The molecule has 0 spiro atoms. The van der Waals surface area contributed by atoms with Gasteiger partial charge >= 0.3 is 0 Å². The molecule has 0 saturated heterocycles. The molecular formula is C15H8Cl2N2O2. The fraction of sp³-hybridized carbons (Fsp3) is 0. The van der Waals surface area contributed by atoms with Gasteiger partial charge in [0.15, 0.2) is 0 Å². The first kappa shape index (κ1) is 15.0. The molecule has 0 heterocycles. The van der Waals surface area contributed by atoms with Crippen molar-refractivity contribution in [2.75, 3.05) is 0 Å². The van der Waals surface area contributed by atoms with Gasteiger partial charge in [-0.3, -0.25) is 10.1 Å². The number of nitriles is 1. The molecule has 0 atom stereocenters. The maximum atomic E-state index is 11.1. The zero-order valence-electron chi connectivity index (χ0n) is 10.6. The van der Waals surface area contributed by atoms with Crippen molar-refractivity contribution in [3.63, 3.8) is 0 Å². The second-order valence-electron chi connectivity index (χ2n) is 4.06. The van der Waals surface area contributed by atoms with Gasteiger partial charge in [-0.2, -0.15) is 5.26 Å². The first-order valence-electron chi connectivity index (χ1n) is 5.85. The van der Waals surface area contributed by atoms with E-state index < -0.39 is 4.92 Å². The van der Waals surface area contributed by atoms with E-state index in [1.54, 1.807) is 30.3 Å². The van der Waals surface area contributed by atoms with Crippen LogP contribution in [0.2, 0.25) is 5.02 Å². The Labute approximate surface area is 131 Å². The van der Waals surface area contributed by atoms with Gasteiger partial charge in [0.25, 0.3) is 5.69 Å². The molecule has 0 unspecified atom stereocenters. The zero-order valence-corrected chi connectivity index (χ0v) is 12.1. The Morgan fingerprint density at radius 1 is 1.14 bits per heavy atom.